The van der Waals surface area contributed by atoms with Gasteiger partial charge in [-0.2, -0.15) is 0 Å². The summed E-state index contributed by atoms with van der Waals surface area (Å²) in [4.78, 5) is 0. The predicted molar refractivity (Wildman–Crippen MR) is 49.6 cm³/mol. The molecule has 0 aliphatic carbocycles. The number of rotatable bonds is 1. The first-order valence-corrected chi connectivity index (χ1v) is 4.67. The molecule has 0 unspecified atom stereocenters. The Balaban J connectivity index is 2.11. The Morgan fingerprint density at radius 1 is 1.43 bits per heavy atom. The van der Waals surface area contributed by atoms with Gasteiger partial charge in [0.2, 0.25) is 5.76 Å². The second kappa shape index (κ2) is 2.99. The van der Waals surface area contributed by atoms with E-state index in [0.717, 1.165) is 42.3 Å². The maximum atomic E-state index is 5.28. The van der Waals surface area contributed by atoms with E-state index in [1.54, 1.807) is 6.26 Å². The van der Waals surface area contributed by atoms with Crippen LogP contribution in [0.4, 0.5) is 0 Å². The number of hydrogen-bond donors (Lipinski definition) is 1. The molecule has 72 valence electrons. The molecule has 0 atom stereocenters. The van der Waals surface area contributed by atoms with Gasteiger partial charge in [-0.15, -0.1) is 0 Å². The zero-order chi connectivity index (χ0) is 9.38. The van der Waals surface area contributed by atoms with Crippen molar-refractivity contribution in [2.24, 2.45) is 0 Å². The minimum atomic E-state index is 0.752. The number of hydrogen-bond acceptors (Lipinski definition) is 4. The van der Waals surface area contributed by atoms with E-state index in [-0.39, 0.29) is 0 Å². The van der Waals surface area contributed by atoms with Crippen LogP contribution in [0.2, 0.25) is 0 Å². The van der Waals surface area contributed by atoms with Crippen molar-refractivity contribution in [2.45, 2.75) is 13.0 Å². The van der Waals surface area contributed by atoms with Crippen LogP contribution in [0.25, 0.3) is 11.5 Å². The first-order valence-electron chi connectivity index (χ1n) is 4.67. The van der Waals surface area contributed by atoms with Gasteiger partial charge in [0, 0.05) is 25.1 Å². The molecule has 1 aliphatic rings. The van der Waals surface area contributed by atoms with E-state index in [1.807, 2.05) is 12.1 Å². The van der Waals surface area contributed by atoms with E-state index < -0.39 is 0 Å². The highest BCUT2D eigenvalue weighted by Crippen LogP contribution is 2.28. The number of fused-ring (bicyclic) bond motifs is 1. The van der Waals surface area contributed by atoms with E-state index in [4.69, 9.17) is 8.94 Å². The topological polar surface area (TPSA) is 51.2 Å². The number of furan rings is 1. The second-order valence-corrected chi connectivity index (χ2v) is 3.34. The van der Waals surface area contributed by atoms with Crippen LogP contribution in [-0.4, -0.2) is 11.7 Å². The quantitative estimate of drug-likeness (QED) is 0.741. The van der Waals surface area contributed by atoms with Crippen molar-refractivity contribution in [2.75, 3.05) is 6.54 Å². The minimum absolute atomic E-state index is 0.752. The fraction of sp³-hybridized carbons (Fsp3) is 0.300. The van der Waals surface area contributed by atoms with E-state index in [2.05, 4.69) is 10.5 Å². The van der Waals surface area contributed by atoms with Gasteiger partial charge in [-0.1, -0.05) is 5.16 Å². The Kier molecular flexibility index (Phi) is 1.67. The molecule has 3 heterocycles. The zero-order valence-electron chi connectivity index (χ0n) is 7.62. The summed E-state index contributed by atoms with van der Waals surface area (Å²) in [7, 11) is 0. The standard InChI is InChI=1S/C10H10N2O2/c1-2-9(13-5-1)10-7-6-11-4-3-8(7)12-14-10/h1-2,5,11H,3-4,6H2. The molecular weight excluding hydrogens is 180 g/mol. The van der Waals surface area contributed by atoms with Gasteiger partial charge in [-0.25, -0.2) is 0 Å². The van der Waals surface area contributed by atoms with Gasteiger partial charge in [-0.05, 0) is 12.1 Å². The highest BCUT2D eigenvalue weighted by atomic mass is 16.5. The van der Waals surface area contributed by atoms with Crippen LogP contribution < -0.4 is 5.32 Å². The SMILES string of the molecule is c1coc(-c2onc3c2CNCC3)c1. The average molecular weight is 190 g/mol. The van der Waals surface area contributed by atoms with Crippen molar-refractivity contribution in [1.29, 1.82) is 0 Å². The zero-order valence-corrected chi connectivity index (χ0v) is 7.62. The van der Waals surface area contributed by atoms with Crippen molar-refractivity contribution in [1.82, 2.24) is 10.5 Å². The van der Waals surface area contributed by atoms with Gasteiger partial charge in [0.1, 0.15) is 0 Å². The van der Waals surface area contributed by atoms with Crippen LogP contribution >= 0.6 is 0 Å². The maximum Gasteiger partial charge on any atom is 0.206 e. The lowest BCUT2D eigenvalue weighted by atomic mass is 10.1. The monoisotopic (exact) mass is 190 g/mol. The van der Waals surface area contributed by atoms with Crippen molar-refractivity contribution in [3.05, 3.63) is 29.7 Å². The Labute approximate surface area is 80.9 Å². The molecule has 0 aromatic carbocycles. The molecule has 1 N–H and O–H groups in total. The number of aromatic nitrogens is 1. The van der Waals surface area contributed by atoms with E-state index >= 15 is 0 Å². The van der Waals surface area contributed by atoms with Gasteiger partial charge >= 0.3 is 0 Å². The molecule has 0 spiro atoms. The average Bonchev–Trinajstić information content (AvgIpc) is 2.85. The summed E-state index contributed by atoms with van der Waals surface area (Å²) < 4.78 is 10.6. The summed E-state index contributed by atoms with van der Waals surface area (Å²) in [5.41, 5.74) is 2.18. The summed E-state index contributed by atoms with van der Waals surface area (Å²) in [6.45, 7) is 1.78. The van der Waals surface area contributed by atoms with Crippen LogP contribution in [0.5, 0.6) is 0 Å². The number of nitrogens with one attached hydrogen (secondary N) is 1. The lowest BCUT2D eigenvalue weighted by Gasteiger charge is -2.10. The largest absolute Gasteiger partial charge is 0.461 e. The third-order valence-corrected chi connectivity index (χ3v) is 2.45. The third-order valence-electron chi connectivity index (χ3n) is 2.45. The van der Waals surface area contributed by atoms with E-state index in [1.165, 1.54) is 0 Å². The lowest BCUT2D eigenvalue weighted by Crippen LogP contribution is -2.23. The molecule has 1 aliphatic heterocycles. The Morgan fingerprint density at radius 2 is 2.43 bits per heavy atom. The molecule has 0 amide bonds. The van der Waals surface area contributed by atoms with Gasteiger partial charge in [0.05, 0.1) is 12.0 Å². The maximum absolute atomic E-state index is 5.28. The predicted octanol–water partition coefficient (Wildman–Crippen LogP) is 1.58. The van der Waals surface area contributed by atoms with Gasteiger partial charge in [-0.3, -0.25) is 0 Å². The second-order valence-electron chi connectivity index (χ2n) is 3.34. The molecular formula is C10H10N2O2. The van der Waals surface area contributed by atoms with E-state index in [9.17, 15) is 0 Å². The van der Waals surface area contributed by atoms with Gasteiger partial charge < -0.3 is 14.3 Å². The summed E-state index contributed by atoms with van der Waals surface area (Å²) in [6.07, 6.45) is 2.57. The highest BCUT2D eigenvalue weighted by Gasteiger charge is 2.21. The summed E-state index contributed by atoms with van der Waals surface area (Å²) in [6, 6.07) is 3.73. The summed E-state index contributed by atoms with van der Waals surface area (Å²) in [5, 5.41) is 7.33. The first-order chi connectivity index (χ1) is 6.95. The molecule has 4 heteroatoms. The molecule has 4 nitrogen and oxygen atoms in total. The molecule has 0 saturated heterocycles. The van der Waals surface area contributed by atoms with E-state index in [0.29, 0.717) is 0 Å². The minimum Gasteiger partial charge on any atom is -0.461 e. The molecule has 2 aromatic heterocycles. The molecule has 0 bridgehead atoms. The van der Waals surface area contributed by atoms with Gasteiger partial charge in [0.15, 0.2) is 5.76 Å². The smallest absolute Gasteiger partial charge is 0.206 e. The van der Waals surface area contributed by atoms with Gasteiger partial charge in [0.25, 0.3) is 0 Å². The third kappa shape index (κ3) is 1.08. The van der Waals surface area contributed by atoms with Crippen LogP contribution in [-0.2, 0) is 13.0 Å². The molecule has 2 aromatic rings. The fourth-order valence-electron chi connectivity index (χ4n) is 1.74. The Morgan fingerprint density at radius 3 is 3.29 bits per heavy atom. The van der Waals surface area contributed by atoms with Crippen molar-refractivity contribution in [3.63, 3.8) is 0 Å². The van der Waals surface area contributed by atoms with Crippen molar-refractivity contribution >= 4 is 0 Å². The lowest BCUT2D eigenvalue weighted by molar-refractivity contribution is 0.411. The number of nitrogens with zero attached hydrogens (tertiary/aromatic N) is 1. The summed E-state index contributed by atoms with van der Waals surface area (Å²) in [5.74, 6) is 1.51. The fourth-order valence-corrected chi connectivity index (χ4v) is 1.74. The molecule has 0 fully saturated rings. The Hall–Kier alpha value is -1.55. The van der Waals surface area contributed by atoms with Crippen molar-refractivity contribution in [3.8, 4) is 11.5 Å². The highest BCUT2D eigenvalue weighted by molar-refractivity contribution is 5.56. The normalized spacial score (nSPS) is 15.4. The molecule has 0 saturated carbocycles. The molecule has 3 rings (SSSR count). The van der Waals surface area contributed by atoms with Crippen LogP contribution in [0, 0.1) is 0 Å². The molecule has 0 radical (unpaired) electrons. The van der Waals surface area contributed by atoms with Crippen LogP contribution in [0.15, 0.2) is 27.3 Å². The first kappa shape index (κ1) is 7.82. The summed E-state index contributed by atoms with van der Waals surface area (Å²) >= 11 is 0. The van der Waals surface area contributed by atoms with Crippen LogP contribution in [0.3, 0.4) is 0 Å². The molecule has 14 heavy (non-hydrogen) atoms. The van der Waals surface area contributed by atoms with Crippen LogP contribution in [0.1, 0.15) is 11.3 Å². The Bertz CT molecular complexity index is 431. The van der Waals surface area contributed by atoms with Crippen molar-refractivity contribution < 1.29 is 8.94 Å².